The predicted molar refractivity (Wildman–Crippen MR) is 86.4 cm³/mol. The van der Waals surface area contributed by atoms with Crippen LogP contribution < -0.4 is 5.32 Å². The van der Waals surface area contributed by atoms with Gasteiger partial charge in [0.2, 0.25) is 0 Å². The van der Waals surface area contributed by atoms with Crippen LogP contribution in [0.2, 0.25) is 0 Å². The standard InChI is InChI=1S/C16H23N3O4/c1-16(2,3)23-15(20)18-9-8-17-13(11-18)10-12-6-4-5-7-14(12)19(21)22/h4-7,13,17H,8-11H2,1-3H3. The number of carbonyl (C=O) groups is 1. The Bertz CT molecular complexity index is 583. The van der Waals surface area contributed by atoms with Gasteiger partial charge < -0.3 is 15.0 Å². The van der Waals surface area contributed by atoms with Gasteiger partial charge in [-0.3, -0.25) is 10.1 Å². The lowest BCUT2D eigenvalue weighted by Crippen LogP contribution is -2.54. The average molecular weight is 321 g/mol. The van der Waals surface area contributed by atoms with Crippen LogP contribution in [-0.2, 0) is 11.2 Å². The van der Waals surface area contributed by atoms with E-state index >= 15 is 0 Å². The fraction of sp³-hybridized carbons (Fsp3) is 0.562. The zero-order chi connectivity index (χ0) is 17.0. The van der Waals surface area contributed by atoms with E-state index in [1.165, 1.54) is 6.07 Å². The van der Waals surface area contributed by atoms with E-state index in [1.807, 2.05) is 20.8 Å². The molecule has 126 valence electrons. The minimum absolute atomic E-state index is 0.0302. The van der Waals surface area contributed by atoms with E-state index in [0.29, 0.717) is 31.6 Å². The maximum Gasteiger partial charge on any atom is 0.410 e. The molecule has 0 spiro atoms. The minimum atomic E-state index is -0.532. The van der Waals surface area contributed by atoms with E-state index in [4.69, 9.17) is 4.74 Å². The summed E-state index contributed by atoms with van der Waals surface area (Å²) in [6.45, 7) is 7.18. The zero-order valence-corrected chi connectivity index (χ0v) is 13.7. The molecule has 7 heteroatoms. The van der Waals surface area contributed by atoms with Crippen molar-refractivity contribution in [1.82, 2.24) is 10.2 Å². The van der Waals surface area contributed by atoms with Gasteiger partial charge in [-0.1, -0.05) is 18.2 Å². The Balaban J connectivity index is 2.02. The molecule has 1 aromatic rings. The fourth-order valence-corrected chi connectivity index (χ4v) is 2.58. The Morgan fingerprint density at radius 3 is 2.78 bits per heavy atom. The number of nitrogens with one attached hydrogen (secondary N) is 1. The van der Waals surface area contributed by atoms with Gasteiger partial charge in [0.25, 0.3) is 5.69 Å². The number of hydrogen-bond donors (Lipinski definition) is 1. The lowest BCUT2D eigenvalue weighted by molar-refractivity contribution is -0.385. The topological polar surface area (TPSA) is 84.7 Å². The van der Waals surface area contributed by atoms with Crippen molar-refractivity contribution in [3.63, 3.8) is 0 Å². The summed E-state index contributed by atoms with van der Waals surface area (Å²) >= 11 is 0. The first kappa shape index (κ1) is 17.2. The summed E-state index contributed by atoms with van der Waals surface area (Å²) in [5.74, 6) is 0. The van der Waals surface area contributed by atoms with Crippen LogP contribution in [-0.4, -0.2) is 47.2 Å². The number of rotatable bonds is 3. The molecular weight excluding hydrogens is 298 g/mol. The lowest BCUT2D eigenvalue weighted by atomic mass is 10.0. The van der Waals surface area contributed by atoms with Gasteiger partial charge in [0.1, 0.15) is 5.60 Å². The van der Waals surface area contributed by atoms with Crippen LogP contribution >= 0.6 is 0 Å². The molecule has 0 radical (unpaired) electrons. The molecule has 1 heterocycles. The summed E-state index contributed by atoms with van der Waals surface area (Å²) in [6.07, 6.45) is 0.155. The minimum Gasteiger partial charge on any atom is -0.444 e. The van der Waals surface area contributed by atoms with Crippen LogP contribution in [0.3, 0.4) is 0 Å². The number of nitro benzene ring substituents is 1. The van der Waals surface area contributed by atoms with Crippen molar-refractivity contribution in [3.8, 4) is 0 Å². The molecule has 2 rings (SSSR count). The number of hydrogen-bond acceptors (Lipinski definition) is 5. The summed E-state index contributed by atoms with van der Waals surface area (Å²) in [5, 5.41) is 14.4. The van der Waals surface area contributed by atoms with Crippen molar-refractivity contribution >= 4 is 11.8 Å². The van der Waals surface area contributed by atoms with Crippen LogP contribution in [0.1, 0.15) is 26.3 Å². The second kappa shape index (κ2) is 6.95. The zero-order valence-electron chi connectivity index (χ0n) is 13.7. The molecule has 1 aliphatic heterocycles. The van der Waals surface area contributed by atoms with Crippen molar-refractivity contribution in [3.05, 3.63) is 39.9 Å². The van der Waals surface area contributed by atoms with Crippen LogP contribution in [0.15, 0.2) is 24.3 Å². The normalized spacial score (nSPS) is 18.6. The fourth-order valence-electron chi connectivity index (χ4n) is 2.58. The van der Waals surface area contributed by atoms with Gasteiger partial charge in [0.15, 0.2) is 0 Å². The summed E-state index contributed by atoms with van der Waals surface area (Å²) < 4.78 is 5.39. The van der Waals surface area contributed by atoms with E-state index in [0.717, 1.165) is 0 Å². The van der Waals surface area contributed by atoms with Crippen molar-refractivity contribution in [2.45, 2.75) is 38.8 Å². The highest BCUT2D eigenvalue weighted by Crippen LogP contribution is 2.20. The van der Waals surface area contributed by atoms with Crippen LogP contribution in [0.4, 0.5) is 10.5 Å². The number of benzene rings is 1. The third-order valence-corrected chi connectivity index (χ3v) is 3.56. The Hall–Kier alpha value is -2.15. The third kappa shape index (κ3) is 4.92. The number of nitrogens with zero attached hydrogens (tertiary/aromatic N) is 2. The van der Waals surface area contributed by atoms with Gasteiger partial charge in [-0.05, 0) is 27.2 Å². The van der Waals surface area contributed by atoms with Crippen LogP contribution in [0.25, 0.3) is 0 Å². The van der Waals surface area contributed by atoms with Crippen molar-refractivity contribution in [1.29, 1.82) is 0 Å². The number of para-hydroxylation sites is 1. The summed E-state index contributed by atoms with van der Waals surface area (Å²) in [7, 11) is 0. The molecule has 1 aromatic carbocycles. The van der Waals surface area contributed by atoms with Gasteiger partial charge in [0, 0.05) is 37.3 Å². The number of piperazine rings is 1. The molecule has 0 bridgehead atoms. The molecule has 1 aliphatic rings. The van der Waals surface area contributed by atoms with Crippen molar-refractivity contribution < 1.29 is 14.5 Å². The molecule has 1 saturated heterocycles. The maximum atomic E-state index is 12.2. The molecule has 1 fully saturated rings. The second-order valence-electron chi connectivity index (χ2n) is 6.67. The molecule has 7 nitrogen and oxygen atoms in total. The van der Waals surface area contributed by atoms with E-state index in [9.17, 15) is 14.9 Å². The van der Waals surface area contributed by atoms with Crippen molar-refractivity contribution in [2.75, 3.05) is 19.6 Å². The van der Waals surface area contributed by atoms with Crippen LogP contribution in [0.5, 0.6) is 0 Å². The maximum absolute atomic E-state index is 12.2. The van der Waals surface area contributed by atoms with Gasteiger partial charge in [0.05, 0.1) is 4.92 Å². The highest BCUT2D eigenvalue weighted by atomic mass is 16.6. The first-order valence-corrected chi connectivity index (χ1v) is 7.70. The highest BCUT2D eigenvalue weighted by molar-refractivity contribution is 5.68. The lowest BCUT2D eigenvalue weighted by Gasteiger charge is -2.34. The third-order valence-electron chi connectivity index (χ3n) is 3.56. The van der Waals surface area contributed by atoms with Crippen LogP contribution in [0, 0.1) is 10.1 Å². The average Bonchev–Trinajstić information content (AvgIpc) is 2.46. The van der Waals surface area contributed by atoms with Gasteiger partial charge in [-0.15, -0.1) is 0 Å². The first-order chi connectivity index (χ1) is 10.8. The number of ether oxygens (including phenoxy) is 1. The number of amides is 1. The monoisotopic (exact) mass is 321 g/mol. The Labute approximate surface area is 135 Å². The van der Waals surface area contributed by atoms with E-state index in [2.05, 4.69) is 5.32 Å². The van der Waals surface area contributed by atoms with Gasteiger partial charge in [-0.2, -0.15) is 0 Å². The molecule has 1 N–H and O–H groups in total. The van der Waals surface area contributed by atoms with Gasteiger partial charge >= 0.3 is 6.09 Å². The molecule has 1 amide bonds. The summed E-state index contributed by atoms with van der Waals surface area (Å²) in [5.41, 5.74) is 0.250. The number of carbonyl (C=O) groups excluding carboxylic acids is 1. The highest BCUT2D eigenvalue weighted by Gasteiger charge is 2.28. The van der Waals surface area contributed by atoms with Crippen molar-refractivity contribution in [2.24, 2.45) is 0 Å². The smallest absolute Gasteiger partial charge is 0.410 e. The molecule has 0 aliphatic carbocycles. The quantitative estimate of drug-likeness (QED) is 0.682. The van der Waals surface area contributed by atoms with E-state index < -0.39 is 5.60 Å². The largest absolute Gasteiger partial charge is 0.444 e. The second-order valence-corrected chi connectivity index (χ2v) is 6.67. The first-order valence-electron chi connectivity index (χ1n) is 7.70. The molecule has 1 atom stereocenters. The molecular formula is C16H23N3O4. The molecule has 0 aromatic heterocycles. The SMILES string of the molecule is CC(C)(C)OC(=O)N1CCNC(Cc2ccccc2[N+](=O)[O-])C1. The molecule has 1 unspecified atom stereocenters. The predicted octanol–water partition coefficient (Wildman–Crippen LogP) is 2.35. The van der Waals surface area contributed by atoms with E-state index in [1.54, 1.807) is 23.1 Å². The van der Waals surface area contributed by atoms with E-state index in [-0.39, 0.29) is 22.7 Å². The Kier molecular flexibility index (Phi) is 5.20. The summed E-state index contributed by atoms with van der Waals surface area (Å²) in [6, 6.07) is 6.67. The molecule has 23 heavy (non-hydrogen) atoms. The Morgan fingerprint density at radius 2 is 2.13 bits per heavy atom. The Morgan fingerprint density at radius 1 is 1.43 bits per heavy atom. The molecule has 0 saturated carbocycles. The number of nitro groups is 1. The van der Waals surface area contributed by atoms with Gasteiger partial charge in [-0.25, -0.2) is 4.79 Å². The summed E-state index contributed by atoms with van der Waals surface area (Å²) in [4.78, 5) is 24.5.